The Morgan fingerprint density at radius 1 is 1.19 bits per heavy atom. The number of aliphatic hydroxyl groups is 1. The van der Waals surface area contributed by atoms with E-state index >= 15 is 0 Å². The van der Waals surface area contributed by atoms with Crippen molar-refractivity contribution >= 4 is 11.9 Å². The van der Waals surface area contributed by atoms with Gasteiger partial charge < -0.3 is 21.1 Å². The summed E-state index contributed by atoms with van der Waals surface area (Å²) in [5.41, 5.74) is 0.526. The van der Waals surface area contributed by atoms with Crippen molar-refractivity contribution in [3.8, 4) is 0 Å². The second-order valence-corrected chi connectivity index (χ2v) is 2.73. The van der Waals surface area contributed by atoms with E-state index in [9.17, 15) is 9.59 Å². The van der Waals surface area contributed by atoms with E-state index in [1.54, 1.807) is 6.92 Å². The number of esters is 1. The van der Waals surface area contributed by atoms with Crippen molar-refractivity contribution in [2.45, 2.75) is 13.8 Å². The molecule has 0 fully saturated rings. The Hall–Kier alpha value is -1.66. The number of ether oxygens (including phenoxy) is 1. The lowest BCUT2D eigenvalue weighted by atomic mass is 10.4. The van der Waals surface area contributed by atoms with Crippen LogP contribution in [0.5, 0.6) is 0 Å². The van der Waals surface area contributed by atoms with Gasteiger partial charge in [-0.05, 0) is 13.8 Å². The van der Waals surface area contributed by atoms with E-state index in [2.05, 4.69) is 17.9 Å². The van der Waals surface area contributed by atoms with Gasteiger partial charge in [-0.2, -0.15) is 0 Å². The third-order valence-electron chi connectivity index (χ3n) is 1.04. The summed E-state index contributed by atoms with van der Waals surface area (Å²) < 4.78 is 4.46. The molecule has 0 aromatic heterocycles. The molecular weight excluding hydrogens is 214 g/mol. The fourth-order valence-electron chi connectivity index (χ4n) is 0.262. The summed E-state index contributed by atoms with van der Waals surface area (Å²) in [6.07, 6.45) is 0. The van der Waals surface area contributed by atoms with Gasteiger partial charge in [0.05, 0.1) is 6.61 Å². The zero-order valence-corrected chi connectivity index (χ0v) is 9.65. The van der Waals surface area contributed by atoms with E-state index < -0.39 is 11.9 Å². The fraction of sp³-hybridized carbons (Fsp3) is 0.400. The molecule has 0 aliphatic heterocycles. The predicted molar refractivity (Wildman–Crippen MR) is 60.3 cm³/mol. The summed E-state index contributed by atoms with van der Waals surface area (Å²) >= 11 is 0. The number of carbonyl (C=O) groups is 2. The Morgan fingerprint density at radius 2 is 1.56 bits per heavy atom. The molecule has 0 heterocycles. The Kier molecular flexibility index (Phi) is 14.2. The van der Waals surface area contributed by atoms with Crippen LogP contribution in [0.2, 0.25) is 0 Å². The number of carboxylic acid groups (broad SMARTS) is 1. The van der Waals surface area contributed by atoms with Crippen LogP contribution in [0.25, 0.3) is 0 Å². The molecule has 0 spiro atoms. The number of hydrogen-bond acceptors (Lipinski definition) is 5. The molecule has 16 heavy (non-hydrogen) atoms. The van der Waals surface area contributed by atoms with E-state index in [1.165, 1.54) is 6.92 Å². The SMILES string of the molecule is C=C(C)C(=O)O.C=C(C)C(=O)OCCO.N. The van der Waals surface area contributed by atoms with Crippen molar-refractivity contribution in [3.63, 3.8) is 0 Å². The molecule has 94 valence electrons. The lowest BCUT2D eigenvalue weighted by molar-refractivity contribution is -0.139. The first kappa shape index (κ1) is 19.8. The van der Waals surface area contributed by atoms with Crippen LogP contribution in [0.15, 0.2) is 24.3 Å². The molecule has 0 aliphatic rings. The molecule has 0 bridgehead atoms. The van der Waals surface area contributed by atoms with Gasteiger partial charge in [0.2, 0.25) is 0 Å². The topological polar surface area (TPSA) is 119 Å². The van der Waals surface area contributed by atoms with E-state index in [1.807, 2.05) is 0 Å². The Bertz CT molecular complexity index is 248. The van der Waals surface area contributed by atoms with Crippen molar-refractivity contribution < 1.29 is 24.5 Å². The number of hydrogen-bond donors (Lipinski definition) is 3. The molecule has 0 saturated carbocycles. The van der Waals surface area contributed by atoms with Crippen molar-refractivity contribution in [3.05, 3.63) is 24.3 Å². The van der Waals surface area contributed by atoms with Crippen LogP contribution in [0.4, 0.5) is 0 Å². The van der Waals surface area contributed by atoms with Gasteiger partial charge in [0.15, 0.2) is 0 Å². The van der Waals surface area contributed by atoms with Crippen molar-refractivity contribution in [1.29, 1.82) is 0 Å². The normalized spacial score (nSPS) is 7.69. The third-order valence-corrected chi connectivity index (χ3v) is 1.04. The molecule has 0 rings (SSSR count). The van der Waals surface area contributed by atoms with Gasteiger partial charge in [0.1, 0.15) is 6.61 Å². The third kappa shape index (κ3) is 14.8. The number of rotatable bonds is 4. The molecule has 6 nitrogen and oxygen atoms in total. The van der Waals surface area contributed by atoms with E-state index in [-0.39, 0.29) is 24.9 Å². The molecule has 0 aliphatic carbocycles. The predicted octanol–water partition coefficient (Wildman–Crippen LogP) is 0.907. The second kappa shape index (κ2) is 11.4. The smallest absolute Gasteiger partial charge is 0.333 e. The molecule has 0 aromatic carbocycles. The largest absolute Gasteiger partial charge is 0.478 e. The average Bonchev–Trinajstić information content (AvgIpc) is 2.14. The van der Waals surface area contributed by atoms with Gasteiger partial charge in [-0.3, -0.25) is 0 Å². The fourth-order valence-corrected chi connectivity index (χ4v) is 0.262. The standard InChI is InChI=1S/C6H10O3.C4H6O2.H3N/c1-5(2)6(8)9-4-3-7;1-3(2)4(5)6;/h7H,1,3-4H2,2H3;1H2,2H3,(H,5,6);1H3. The Balaban J connectivity index is -0.000000214. The lowest BCUT2D eigenvalue weighted by Crippen LogP contribution is -2.08. The molecule has 0 amide bonds. The quantitative estimate of drug-likeness (QED) is 0.490. The highest BCUT2D eigenvalue weighted by molar-refractivity contribution is 5.86. The van der Waals surface area contributed by atoms with Crippen LogP contribution in [0, 0.1) is 0 Å². The van der Waals surface area contributed by atoms with Crippen molar-refractivity contribution in [2.75, 3.05) is 13.2 Å². The molecule has 5 N–H and O–H groups in total. The highest BCUT2D eigenvalue weighted by atomic mass is 16.5. The maximum Gasteiger partial charge on any atom is 0.333 e. The molecule has 0 saturated heterocycles. The van der Waals surface area contributed by atoms with Gasteiger partial charge in [0, 0.05) is 11.1 Å². The molecule has 0 radical (unpaired) electrons. The average molecular weight is 233 g/mol. The summed E-state index contributed by atoms with van der Waals surface area (Å²) in [6, 6.07) is 0. The lowest BCUT2D eigenvalue weighted by Gasteiger charge is -1.99. The van der Waals surface area contributed by atoms with E-state index in [4.69, 9.17) is 10.2 Å². The van der Waals surface area contributed by atoms with Crippen LogP contribution >= 0.6 is 0 Å². The van der Waals surface area contributed by atoms with Crippen LogP contribution < -0.4 is 6.15 Å². The molecule has 0 unspecified atom stereocenters. The van der Waals surface area contributed by atoms with Gasteiger partial charge in [-0.25, -0.2) is 9.59 Å². The first-order chi connectivity index (χ1) is 6.82. The van der Waals surface area contributed by atoms with Crippen LogP contribution in [0.3, 0.4) is 0 Å². The van der Waals surface area contributed by atoms with Crippen LogP contribution in [-0.2, 0) is 14.3 Å². The van der Waals surface area contributed by atoms with Crippen molar-refractivity contribution in [2.24, 2.45) is 0 Å². The zero-order valence-electron chi connectivity index (χ0n) is 9.65. The van der Waals surface area contributed by atoms with E-state index in [0.29, 0.717) is 5.57 Å². The van der Waals surface area contributed by atoms with Crippen LogP contribution in [-0.4, -0.2) is 35.4 Å². The van der Waals surface area contributed by atoms with Gasteiger partial charge >= 0.3 is 11.9 Å². The van der Waals surface area contributed by atoms with Crippen LogP contribution in [0.1, 0.15) is 13.8 Å². The van der Waals surface area contributed by atoms with E-state index in [0.717, 1.165) is 0 Å². The molecular formula is C10H19NO5. The first-order valence-corrected chi connectivity index (χ1v) is 4.15. The summed E-state index contributed by atoms with van der Waals surface area (Å²) in [5.74, 6) is -1.39. The van der Waals surface area contributed by atoms with Gasteiger partial charge in [-0.15, -0.1) is 0 Å². The summed E-state index contributed by atoms with van der Waals surface area (Å²) in [5, 5.41) is 16.1. The number of carbonyl (C=O) groups excluding carboxylic acids is 1. The molecule has 0 aromatic rings. The molecule has 6 heteroatoms. The first-order valence-electron chi connectivity index (χ1n) is 4.15. The Morgan fingerprint density at radius 3 is 1.75 bits per heavy atom. The highest BCUT2D eigenvalue weighted by Gasteiger charge is 1.99. The maximum absolute atomic E-state index is 10.5. The second-order valence-electron chi connectivity index (χ2n) is 2.73. The summed E-state index contributed by atoms with van der Waals surface area (Å²) in [7, 11) is 0. The monoisotopic (exact) mass is 233 g/mol. The number of carboxylic acids is 1. The number of aliphatic hydroxyl groups excluding tert-OH is 1. The molecule has 0 atom stereocenters. The van der Waals surface area contributed by atoms with Gasteiger partial charge in [0.25, 0.3) is 0 Å². The minimum Gasteiger partial charge on any atom is -0.478 e. The minimum absolute atomic E-state index is 0. The maximum atomic E-state index is 10.5. The minimum atomic E-state index is -0.935. The summed E-state index contributed by atoms with van der Waals surface area (Å²) in [6.45, 7) is 9.42. The zero-order chi connectivity index (χ0) is 12.4. The highest BCUT2D eigenvalue weighted by Crippen LogP contribution is 1.89. The van der Waals surface area contributed by atoms with Gasteiger partial charge in [-0.1, -0.05) is 13.2 Å². The van der Waals surface area contributed by atoms with Crippen molar-refractivity contribution in [1.82, 2.24) is 6.15 Å². The Labute approximate surface area is 94.8 Å². The number of aliphatic carboxylic acids is 1. The summed E-state index contributed by atoms with van der Waals surface area (Å²) in [4.78, 5) is 20.1.